The molecule has 2 aliphatic heterocycles. The number of pyridine rings is 1. The van der Waals surface area contributed by atoms with E-state index < -0.39 is 9.84 Å². The SMILES string of the molecule is CN(c1ccccn1)C1CCN(CC2CCS(=O)(=O)CC2)CC1. The van der Waals surface area contributed by atoms with Gasteiger partial charge < -0.3 is 9.80 Å². The standard InChI is InChI=1S/C17H27N3O2S/c1-19(17-4-2-3-9-18-17)16-5-10-20(11-6-16)14-15-7-12-23(21,22)13-8-15/h2-4,9,15-16H,5-8,10-14H2,1H3. The first-order valence-electron chi connectivity index (χ1n) is 8.60. The summed E-state index contributed by atoms with van der Waals surface area (Å²) in [6, 6.07) is 6.59. The molecule has 0 atom stereocenters. The molecule has 0 unspecified atom stereocenters. The van der Waals surface area contributed by atoms with E-state index >= 15 is 0 Å². The van der Waals surface area contributed by atoms with Crippen molar-refractivity contribution in [3.05, 3.63) is 24.4 Å². The van der Waals surface area contributed by atoms with E-state index in [1.807, 2.05) is 18.3 Å². The molecule has 0 spiro atoms. The molecule has 0 saturated carbocycles. The van der Waals surface area contributed by atoms with Gasteiger partial charge in [0, 0.05) is 38.9 Å². The Balaban J connectivity index is 1.45. The van der Waals surface area contributed by atoms with E-state index in [0.29, 0.717) is 23.5 Å². The Hall–Kier alpha value is -1.14. The van der Waals surface area contributed by atoms with Gasteiger partial charge in [0.1, 0.15) is 15.7 Å². The molecule has 3 rings (SSSR count). The molecule has 5 nitrogen and oxygen atoms in total. The lowest BCUT2D eigenvalue weighted by atomic mass is 9.98. The number of rotatable bonds is 4. The van der Waals surface area contributed by atoms with Gasteiger partial charge in [0.25, 0.3) is 0 Å². The third-order valence-electron chi connectivity index (χ3n) is 5.31. The third kappa shape index (κ3) is 4.44. The maximum Gasteiger partial charge on any atom is 0.150 e. The lowest BCUT2D eigenvalue weighted by molar-refractivity contribution is 0.176. The van der Waals surface area contributed by atoms with Gasteiger partial charge in [-0.3, -0.25) is 0 Å². The van der Waals surface area contributed by atoms with Crippen molar-refractivity contribution in [3.8, 4) is 0 Å². The molecule has 0 amide bonds. The van der Waals surface area contributed by atoms with Gasteiger partial charge in [-0.2, -0.15) is 0 Å². The van der Waals surface area contributed by atoms with E-state index in [0.717, 1.165) is 51.1 Å². The zero-order chi connectivity index (χ0) is 16.3. The van der Waals surface area contributed by atoms with Crippen LogP contribution in [-0.4, -0.2) is 62.5 Å². The number of aromatic nitrogens is 1. The Morgan fingerprint density at radius 2 is 1.87 bits per heavy atom. The zero-order valence-electron chi connectivity index (χ0n) is 13.9. The van der Waals surface area contributed by atoms with Crippen molar-refractivity contribution in [2.24, 2.45) is 5.92 Å². The molecular weight excluding hydrogens is 310 g/mol. The summed E-state index contributed by atoms with van der Waals surface area (Å²) >= 11 is 0. The Morgan fingerprint density at radius 1 is 1.17 bits per heavy atom. The lowest BCUT2D eigenvalue weighted by Crippen LogP contribution is -2.45. The minimum atomic E-state index is -2.74. The van der Waals surface area contributed by atoms with Crippen LogP contribution in [0, 0.1) is 5.92 Å². The highest BCUT2D eigenvalue weighted by atomic mass is 32.2. The van der Waals surface area contributed by atoms with E-state index in [4.69, 9.17) is 0 Å². The molecule has 128 valence electrons. The molecule has 0 N–H and O–H groups in total. The van der Waals surface area contributed by atoms with Crippen molar-refractivity contribution in [3.63, 3.8) is 0 Å². The second-order valence-corrected chi connectivity index (χ2v) is 9.23. The predicted octanol–water partition coefficient (Wildman–Crippen LogP) is 1.81. The fourth-order valence-electron chi connectivity index (χ4n) is 3.73. The maximum atomic E-state index is 11.5. The molecule has 0 aliphatic carbocycles. The highest BCUT2D eigenvalue weighted by molar-refractivity contribution is 7.91. The summed E-state index contributed by atoms with van der Waals surface area (Å²) in [6.07, 6.45) is 5.83. The molecule has 0 bridgehead atoms. The van der Waals surface area contributed by atoms with Crippen LogP contribution < -0.4 is 4.90 Å². The lowest BCUT2D eigenvalue weighted by Gasteiger charge is -2.39. The highest BCUT2D eigenvalue weighted by Gasteiger charge is 2.28. The number of likely N-dealkylation sites (tertiary alicyclic amines) is 1. The first-order chi connectivity index (χ1) is 11.0. The smallest absolute Gasteiger partial charge is 0.150 e. The van der Waals surface area contributed by atoms with E-state index in [-0.39, 0.29) is 0 Å². The van der Waals surface area contributed by atoms with Crippen LogP contribution in [-0.2, 0) is 9.84 Å². The van der Waals surface area contributed by atoms with Gasteiger partial charge in [0.05, 0.1) is 11.5 Å². The van der Waals surface area contributed by atoms with Gasteiger partial charge in [-0.25, -0.2) is 13.4 Å². The number of anilines is 1. The summed E-state index contributed by atoms with van der Waals surface area (Å²) < 4.78 is 23.0. The van der Waals surface area contributed by atoms with E-state index in [1.165, 1.54) is 0 Å². The molecule has 6 heteroatoms. The summed E-state index contributed by atoms with van der Waals surface area (Å²) in [5.41, 5.74) is 0. The molecule has 1 aromatic rings. The number of piperidine rings is 1. The molecule has 2 saturated heterocycles. The summed E-state index contributed by atoms with van der Waals surface area (Å²) in [5.74, 6) is 2.37. The largest absolute Gasteiger partial charge is 0.357 e. The van der Waals surface area contributed by atoms with Gasteiger partial charge >= 0.3 is 0 Å². The summed E-state index contributed by atoms with van der Waals surface area (Å²) in [5, 5.41) is 0. The second kappa shape index (κ2) is 7.18. The molecule has 3 heterocycles. The van der Waals surface area contributed by atoms with Crippen molar-refractivity contribution in [1.29, 1.82) is 0 Å². The van der Waals surface area contributed by atoms with Crippen molar-refractivity contribution in [2.75, 3.05) is 43.1 Å². The quantitative estimate of drug-likeness (QED) is 0.839. The van der Waals surface area contributed by atoms with Gasteiger partial charge in [-0.1, -0.05) is 6.07 Å². The topological polar surface area (TPSA) is 53.5 Å². The normalized spacial score (nSPS) is 23.7. The van der Waals surface area contributed by atoms with E-state index in [9.17, 15) is 8.42 Å². The van der Waals surface area contributed by atoms with Crippen LogP contribution in [0.5, 0.6) is 0 Å². The summed E-state index contributed by atoms with van der Waals surface area (Å²) in [6.45, 7) is 3.27. The molecule has 23 heavy (non-hydrogen) atoms. The van der Waals surface area contributed by atoms with E-state index in [2.05, 4.69) is 27.9 Å². The molecular formula is C17H27N3O2S. The van der Waals surface area contributed by atoms with Crippen LogP contribution >= 0.6 is 0 Å². The minimum Gasteiger partial charge on any atom is -0.357 e. The van der Waals surface area contributed by atoms with Crippen molar-refractivity contribution >= 4 is 15.7 Å². The van der Waals surface area contributed by atoms with Crippen LogP contribution in [0.3, 0.4) is 0 Å². The average Bonchev–Trinajstić information content (AvgIpc) is 2.58. The average molecular weight is 337 g/mol. The Bertz CT molecular complexity index is 584. The predicted molar refractivity (Wildman–Crippen MR) is 93.5 cm³/mol. The fraction of sp³-hybridized carbons (Fsp3) is 0.706. The molecule has 2 fully saturated rings. The molecule has 0 aromatic carbocycles. The number of nitrogens with zero attached hydrogens (tertiary/aromatic N) is 3. The fourth-order valence-corrected chi connectivity index (χ4v) is 5.31. The van der Waals surface area contributed by atoms with Gasteiger partial charge in [0.15, 0.2) is 0 Å². The minimum absolute atomic E-state index is 0.385. The zero-order valence-corrected chi connectivity index (χ0v) is 14.7. The van der Waals surface area contributed by atoms with Crippen LogP contribution in [0.25, 0.3) is 0 Å². The molecule has 0 radical (unpaired) electrons. The van der Waals surface area contributed by atoms with Crippen molar-refractivity contribution in [1.82, 2.24) is 9.88 Å². The molecule has 2 aliphatic rings. The highest BCUT2D eigenvalue weighted by Crippen LogP contribution is 2.24. The van der Waals surface area contributed by atoms with Gasteiger partial charge in [-0.05, 0) is 43.7 Å². The Morgan fingerprint density at radius 3 is 2.48 bits per heavy atom. The summed E-state index contributed by atoms with van der Waals surface area (Å²) in [7, 11) is -0.606. The second-order valence-electron chi connectivity index (χ2n) is 6.93. The first-order valence-corrected chi connectivity index (χ1v) is 10.4. The maximum absolute atomic E-state index is 11.5. The third-order valence-corrected chi connectivity index (χ3v) is 7.02. The Kier molecular flexibility index (Phi) is 5.21. The number of hydrogen-bond donors (Lipinski definition) is 0. The monoisotopic (exact) mass is 337 g/mol. The van der Waals surface area contributed by atoms with E-state index in [1.54, 1.807) is 0 Å². The Labute approximate surface area is 139 Å². The van der Waals surface area contributed by atoms with Crippen molar-refractivity contribution in [2.45, 2.75) is 31.7 Å². The van der Waals surface area contributed by atoms with Crippen LogP contribution in [0.1, 0.15) is 25.7 Å². The number of sulfone groups is 1. The van der Waals surface area contributed by atoms with Crippen LogP contribution in [0.4, 0.5) is 5.82 Å². The molecule has 1 aromatic heterocycles. The van der Waals surface area contributed by atoms with Gasteiger partial charge in [0.2, 0.25) is 0 Å². The van der Waals surface area contributed by atoms with Crippen LogP contribution in [0.15, 0.2) is 24.4 Å². The summed E-state index contributed by atoms with van der Waals surface area (Å²) in [4.78, 5) is 9.25. The first kappa shape index (κ1) is 16.7. The van der Waals surface area contributed by atoms with Gasteiger partial charge in [-0.15, -0.1) is 0 Å². The van der Waals surface area contributed by atoms with Crippen LogP contribution in [0.2, 0.25) is 0 Å². The number of hydrogen-bond acceptors (Lipinski definition) is 5. The van der Waals surface area contributed by atoms with Crippen molar-refractivity contribution < 1.29 is 8.42 Å².